The first-order valence-electron chi connectivity index (χ1n) is 8.87. The number of nitrogens with one attached hydrogen (secondary N) is 1. The Labute approximate surface area is 197 Å². The average Bonchev–Trinajstić information content (AvgIpc) is 3.37. The molecule has 0 spiro atoms. The molecule has 5 N–H and O–H groups in total. The molecule has 16 heteroatoms. The van der Waals surface area contributed by atoms with Crippen molar-refractivity contribution in [3.8, 4) is 0 Å². The molecule has 2 aliphatic heterocycles. The summed E-state index contributed by atoms with van der Waals surface area (Å²) in [5, 5.41) is 29.4. The van der Waals surface area contributed by atoms with Crippen LogP contribution in [-0.4, -0.2) is 70.4 Å². The number of nitrogens with zero attached hydrogens (tertiary/aromatic N) is 5. The Morgan fingerprint density at radius 3 is 2.84 bits per heavy atom. The monoisotopic (exact) mass is 513 g/mol. The Balaban J connectivity index is 1.48. The van der Waals surface area contributed by atoms with Crippen LogP contribution >= 0.6 is 46.4 Å². The zero-order valence-corrected chi connectivity index (χ0v) is 19.5. The highest BCUT2D eigenvalue weighted by Crippen LogP contribution is 2.44. The van der Waals surface area contributed by atoms with Gasteiger partial charge >= 0.3 is 5.97 Å². The van der Waals surface area contributed by atoms with E-state index < -0.39 is 29.2 Å². The van der Waals surface area contributed by atoms with Crippen LogP contribution in [0.1, 0.15) is 16.3 Å². The number of fused-ring (bicyclic) bond motifs is 1. The molecule has 2 amide bonds. The number of carboxylic acids is 1. The molecule has 4 rings (SSSR count). The number of aliphatic carboxylic acids is 1. The highest BCUT2D eigenvalue weighted by Gasteiger charge is 2.54. The fourth-order valence-electron chi connectivity index (χ4n) is 3.06. The number of rotatable bonds is 7. The van der Waals surface area contributed by atoms with Gasteiger partial charge in [-0.3, -0.25) is 14.5 Å². The van der Waals surface area contributed by atoms with E-state index in [0.29, 0.717) is 16.4 Å². The lowest BCUT2D eigenvalue weighted by molar-refractivity contribution is -0.150. The van der Waals surface area contributed by atoms with E-state index in [0.717, 1.165) is 21.9 Å². The van der Waals surface area contributed by atoms with Gasteiger partial charge in [-0.1, -0.05) is 9.64 Å². The van der Waals surface area contributed by atoms with E-state index in [2.05, 4.69) is 25.0 Å². The van der Waals surface area contributed by atoms with Gasteiger partial charge in [0, 0.05) is 21.8 Å². The molecule has 0 bridgehead atoms. The lowest BCUT2D eigenvalue weighted by Gasteiger charge is -2.49. The van der Waals surface area contributed by atoms with E-state index in [1.807, 2.05) is 6.92 Å². The molecule has 2 aromatic heterocycles. The van der Waals surface area contributed by atoms with Gasteiger partial charge in [-0.05, 0) is 18.5 Å². The van der Waals surface area contributed by atoms with Crippen molar-refractivity contribution in [2.24, 2.45) is 5.16 Å². The maximum atomic E-state index is 12.8. The van der Waals surface area contributed by atoms with E-state index in [1.54, 1.807) is 0 Å². The Morgan fingerprint density at radius 1 is 1.47 bits per heavy atom. The van der Waals surface area contributed by atoms with Crippen molar-refractivity contribution >= 4 is 75.0 Å². The zero-order valence-electron chi connectivity index (χ0n) is 16.2. The standard InChI is InChI=1S/C16H15N7O5S4/c1-5-7(32-22-20-5)3-29-8-4-30-14-10(13(25)23(14)11(8)15(26)27)19-12(24)9(21-28)6-2-31-16(17)18-6/h2,10,14,28H,3-4H2,1H3,(H2,17,18)(H,19,24)(H,26,27)/b21-9+/t10-,14-/m1/s1. The minimum Gasteiger partial charge on any atom is -0.477 e. The van der Waals surface area contributed by atoms with E-state index >= 15 is 0 Å². The zero-order chi connectivity index (χ0) is 23.0. The van der Waals surface area contributed by atoms with Crippen molar-refractivity contribution in [2.45, 2.75) is 24.1 Å². The smallest absolute Gasteiger partial charge is 0.353 e. The summed E-state index contributed by atoms with van der Waals surface area (Å²) >= 11 is 4.98. The largest absolute Gasteiger partial charge is 0.477 e. The molecule has 0 aromatic carbocycles. The first kappa shape index (κ1) is 22.5. The number of aryl methyl sites for hydroxylation is 1. The number of hydrogen-bond donors (Lipinski definition) is 4. The van der Waals surface area contributed by atoms with Crippen LogP contribution in [0.2, 0.25) is 0 Å². The van der Waals surface area contributed by atoms with E-state index in [4.69, 9.17) is 5.73 Å². The number of carbonyl (C=O) groups is 3. The second-order valence-corrected chi connectivity index (χ2v) is 10.4. The molecule has 0 aliphatic carbocycles. The van der Waals surface area contributed by atoms with Crippen molar-refractivity contribution in [3.05, 3.63) is 32.2 Å². The first-order chi connectivity index (χ1) is 15.3. The van der Waals surface area contributed by atoms with E-state index in [-0.39, 0.29) is 22.2 Å². The number of oxime groups is 1. The summed E-state index contributed by atoms with van der Waals surface area (Å²) in [5.41, 5.74) is 5.93. The molecule has 1 fully saturated rings. The number of hydrogen-bond acceptors (Lipinski definition) is 13. The van der Waals surface area contributed by atoms with Crippen molar-refractivity contribution in [2.75, 3.05) is 11.5 Å². The molecule has 2 aliphatic rings. The molecule has 1 saturated heterocycles. The molecule has 12 nitrogen and oxygen atoms in total. The number of carbonyl (C=O) groups excluding carboxylic acids is 2. The van der Waals surface area contributed by atoms with Crippen LogP contribution < -0.4 is 11.1 Å². The van der Waals surface area contributed by atoms with E-state index in [1.165, 1.54) is 45.3 Å². The van der Waals surface area contributed by atoms with Gasteiger partial charge in [-0.25, -0.2) is 9.78 Å². The molecule has 0 unspecified atom stereocenters. The maximum Gasteiger partial charge on any atom is 0.353 e. The second kappa shape index (κ2) is 9.05. The molecule has 168 valence electrons. The first-order valence-corrected chi connectivity index (χ1v) is 12.6. The summed E-state index contributed by atoms with van der Waals surface area (Å²) in [6.45, 7) is 1.83. The van der Waals surface area contributed by atoms with Crippen molar-refractivity contribution in [3.63, 3.8) is 0 Å². The fourth-order valence-corrected chi connectivity index (χ4v) is 6.99. The number of nitrogens with two attached hydrogens (primary N) is 1. The van der Waals surface area contributed by atoms with Gasteiger partial charge in [0.15, 0.2) is 10.8 Å². The number of carboxylic acid groups (broad SMARTS) is 1. The average molecular weight is 514 g/mol. The van der Waals surface area contributed by atoms with Crippen molar-refractivity contribution in [1.29, 1.82) is 0 Å². The molecule has 2 atom stereocenters. The second-order valence-electron chi connectivity index (χ2n) is 6.53. The molecule has 0 saturated carbocycles. The van der Waals surface area contributed by atoms with Gasteiger partial charge in [0.25, 0.3) is 11.8 Å². The van der Waals surface area contributed by atoms with Crippen LogP contribution in [0.4, 0.5) is 5.13 Å². The number of β-lactam (4-membered cyclic amide) rings is 1. The lowest BCUT2D eigenvalue weighted by Crippen LogP contribution is -2.71. The Kier molecular flexibility index (Phi) is 6.36. The van der Waals surface area contributed by atoms with Crippen molar-refractivity contribution in [1.82, 2.24) is 24.8 Å². The summed E-state index contributed by atoms with van der Waals surface area (Å²) < 4.78 is 3.87. The van der Waals surface area contributed by atoms with Crippen LogP contribution in [0.3, 0.4) is 0 Å². The summed E-state index contributed by atoms with van der Waals surface area (Å²) in [5.74, 6) is -1.73. The minimum atomic E-state index is -1.22. The maximum absolute atomic E-state index is 12.8. The lowest BCUT2D eigenvalue weighted by atomic mass is 10.0. The summed E-state index contributed by atoms with van der Waals surface area (Å²) in [6, 6.07) is -0.964. The van der Waals surface area contributed by atoms with Gasteiger partial charge in [0.2, 0.25) is 0 Å². The summed E-state index contributed by atoms with van der Waals surface area (Å²) in [4.78, 5) is 43.8. The molecule has 0 radical (unpaired) electrons. The quantitative estimate of drug-likeness (QED) is 0.177. The minimum absolute atomic E-state index is 0.0742. The number of thiazole rings is 1. The van der Waals surface area contributed by atoms with Crippen LogP contribution in [0.15, 0.2) is 21.1 Å². The SMILES string of the molecule is Cc1nnsc1CSC1=C(C(=O)O)N2C(=O)[C@@H](NC(=O)/C(=N/O)c3csc(N)n3)[C@H]2SC1. The van der Waals surface area contributed by atoms with E-state index in [9.17, 15) is 24.7 Å². The van der Waals surface area contributed by atoms with Gasteiger partial charge in [0.05, 0.1) is 10.6 Å². The molecule has 32 heavy (non-hydrogen) atoms. The van der Waals surface area contributed by atoms with Crippen LogP contribution in [0.25, 0.3) is 0 Å². The number of anilines is 1. The molecular weight excluding hydrogens is 498 g/mol. The molecular formula is C16H15N7O5S4. The molecule has 2 aromatic rings. The third-order valence-electron chi connectivity index (χ3n) is 4.63. The van der Waals surface area contributed by atoms with Gasteiger partial charge < -0.3 is 21.4 Å². The summed E-state index contributed by atoms with van der Waals surface area (Å²) in [6.07, 6.45) is 0. The highest BCUT2D eigenvalue weighted by molar-refractivity contribution is 8.05. The Bertz CT molecular complexity index is 1160. The predicted molar refractivity (Wildman–Crippen MR) is 120 cm³/mol. The third-order valence-corrected chi connectivity index (χ3v) is 8.89. The topological polar surface area (TPSA) is 184 Å². The fraction of sp³-hybridized carbons (Fsp3) is 0.312. The third kappa shape index (κ3) is 4.05. The predicted octanol–water partition coefficient (Wildman–Crippen LogP) is 0.693. The highest BCUT2D eigenvalue weighted by atomic mass is 32.2. The van der Waals surface area contributed by atoms with Crippen LogP contribution in [0, 0.1) is 6.92 Å². The van der Waals surface area contributed by atoms with Gasteiger partial charge in [-0.2, -0.15) is 0 Å². The number of amides is 2. The summed E-state index contributed by atoms with van der Waals surface area (Å²) in [7, 11) is 0. The van der Waals surface area contributed by atoms with Gasteiger partial charge in [-0.15, -0.1) is 40.0 Å². The normalized spacial score (nSPS) is 20.7. The van der Waals surface area contributed by atoms with Crippen molar-refractivity contribution < 1.29 is 24.7 Å². The Morgan fingerprint density at radius 2 is 2.25 bits per heavy atom. The van der Waals surface area contributed by atoms with Crippen LogP contribution in [0.5, 0.6) is 0 Å². The number of nitrogen functional groups attached to an aromatic ring is 1. The molecule has 4 heterocycles. The Hall–Kier alpha value is -2.69. The number of aromatic nitrogens is 3. The van der Waals surface area contributed by atoms with Gasteiger partial charge in [0.1, 0.15) is 22.8 Å². The van der Waals surface area contributed by atoms with Crippen LogP contribution in [-0.2, 0) is 20.1 Å². The number of thioether (sulfide) groups is 2.